The molecule has 7 heteroatoms. The third kappa shape index (κ3) is 4.65. The van der Waals surface area contributed by atoms with Crippen molar-refractivity contribution < 1.29 is 17.6 Å². The molecule has 2 aromatic carbocycles. The third-order valence-corrected chi connectivity index (χ3v) is 4.76. The van der Waals surface area contributed by atoms with Gasteiger partial charge in [-0.1, -0.05) is 35.6 Å². The summed E-state index contributed by atoms with van der Waals surface area (Å²) < 4.78 is 39.4. The van der Waals surface area contributed by atoms with E-state index in [2.05, 4.69) is 16.6 Å². The highest BCUT2D eigenvalue weighted by Gasteiger charge is 2.14. The van der Waals surface area contributed by atoms with Crippen molar-refractivity contribution in [2.45, 2.75) is 11.8 Å². The second-order valence-electron chi connectivity index (χ2n) is 4.84. The highest BCUT2D eigenvalue weighted by atomic mass is 35.5. The van der Waals surface area contributed by atoms with Gasteiger partial charge < -0.3 is 0 Å². The molecule has 0 saturated heterocycles. The van der Waals surface area contributed by atoms with E-state index in [1.165, 1.54) is 6.92 Å². The minimum Gasteiger partial charge on any atom is -0.295 e. The van der Waals surface area contributed by atoms with E-state index >= 15 is 0 Å². The Bertz CT molecular complexity index is 929. The van der Waals surface area contributed by atoms with Gasteiger partial charge in [-0.15, -0.1) is 0 Å². The fraction of sp³-hybridized carbons (Fsp3) is 0.118. The standard InChI is InChI=1S/C17H13ClFNO3S/c1-12(21)14-6-4-13(5-7-14)3-2-10-20-24(22,23)15-8-9-17(19)16(18)11-15/h4-9,11,20H,10H2,1H3. The molecule has 0 heterocycles. The Morgan fingerprint density at radius 3 is 2.46 bits per heavy atom. The number of benzene rings is 2. The van der Waals surface area contributed by atoms with Crippen LogP contribution in [0.25, 0.3) is 0 Å². The van der Waals surface area contributed by atoms with Gasteiger partial charge in [0, 0.05) is 11.1 Å². The molecule has 0 aromatic heterocycles. The van der Waals surface area contributed by atoms with Crippen LogP contribution in [-0.2, 0) is 10.0 Å². The molecule has 0 atom stereocenters. The summed E-state index contributed by atoms with van der Waals surface area (Å²) >= 11 is 5.58. The molecule has 4 nitrogen and oxygen atoms in total. The first-order chi connectivity index (χ1) is 11.3. The number of hydrogen-bond acceptors (Lipinski definition) is 3. The number of nitrogens with one attached hydrogen (secondary N) is 1. The van der Waals surface area contributed by atoms with Gasteiger partial charge in [0.15, 0.2) is 5.78 Å². The van der Waals surface area contributed by atoms with Crippen molar-refractivity contribution in [1.82, 2.24) is 4.72 Å². The van der Waals surface area contributed by atoms with E-state index in [4.69, 9.17) is 11.6 Å². The van der Waals surface area contributed by atoms with Gasteiger partial charge in [0.25, 0.3) is 0 Å². The lowest BCUT2D eigenvalue weighted by Gasteiger charge is -2.04. The number of hydrogen-bond donors (Lipinski definition) is 1. The predicted octanol–water partition coefficient (Wildman–Crippen LogP) is 3.01. The molecule has 24 heavy (non-hydrogen) atoms. The summed E-state index contributed by atoms with van der Waals surface area (Å²) in [6.45, 7) is 1.35. The zero-order chi connectivity index (χ0) is 17.7. The lowest BCUT2D eigenvalue weighted by molar-refractivity contribution is 0.101. The molecular weight excluding hydrogens is 353 g/mol. The number of carbonyl (C=O) groups is 1. The van der Waals surface area contributed by atoms with Crippen LogP contribution >= 0.6 is 11.6 Å². The predicted molar refractivity (Wildman–Crippen MR) is 89.9 cm³/mol. The van der Waals surface area contributed by atoms with Gasteiger partial charge in [-0.2, -0.15) is 4.72 Å². The van der Waals surface area contributed by atoms with Crippen molar-refractivity contribution in [2.75, 3.05) is 6.54 Å². The van der Waals surface area contributed by atoms with Crippen LogP contribution in [0.3, 0.4) is 0 Å². The highest BCUT2D eigenvalue weighted by molar-refractivity contribution is 7.89. The molecular formula is C17H13ClFNO3S. The fourth-order valence-electron chi connectivity index (χ4n) is 1.79. The fourth-order valence-corrected chi connectivity index (χ4v) is 2.99. The summed E-state index contributed by atoms with van der Waals surface area (Å²) in [5.74, 6) is 4.72. The van der Waals surface area contributed by atoms with E-state index in [1.54, 1.807) is 24.3 Å². The quantitative estimate of drug-likeness (QED) is 0.669. The molecule has 0 saturated carbocycles. The van der Waals surface area contributed by atoms with Crippen molar-refractivity contribution >= 4 is 27.4 Å². The number of sulfonamides is 1. The first-order valence-electron chi connectivity index (χ1n) is 6.84. The van der Waals surface area contributed by atoms with E-state index in [0.717, 1.165) is 18.2 Å². The monoisotopic (exact) mass is 365 g/mol. The third-order valence-electron chi connectivity index (χ3n) is 3.08. The van der Waals surface area contributed by atoms with Gasteiger partial charge in [-0.05, 0) is 37.3 Å². The Morgan fingerprint density at radius 2 is 1.88 bits per heavy atom. The normalized spacial score (nSPS) is 10.8. The average Bonchev–Trinajstić information content (AvgIpc) is 2.54. The summed E-state index contributed by atoms with van der Waals surface area (Å²) in [6.07, 6.45) is 0. The highest BCUT2D eigenvalue weighted by Crippen LogP contribution is 2.19. The van der Waals surface area contributed by atoms with E-state index in [9.17, 15) is 17.6 Å². The van der Waals surface area contributed by atoms with Gasteiger partial charge in [-0.25, -0.2) is 12.8 Å². The van der Waals surface area contributed by atoms with Crippen LogP contribution in [0.5, 0.6) is 0 Å². The maximum absolute atomic E-state index is 13.1. The van der Waals surface area contributed by atoms with E-state index < -0.39 is 15.8 Å². The second kappa shape index (κ2) is 7.58. The van der Waals surface area contributed by atoms with E-state index in [1.807, 2.05) is 0 Å². The molecule has 124 valence electrons. The van der Waals surface area contributed by atoms with Crippen LogP contribution in [0.1, 0.15) is 22.8 Å². The lowest BCUT2D eigenvalue weighted by Crippen LogP contribution is -2.24. The topological polar surface area (TPSA) is 63.2 Å². The van der Waals surface area contributed by atoms with Gasteiger partial charge in [0.1, 0.15) is 5.82 Å². The Morgan fingerprint density at radius 1 is 1.21 bits per heavy atom. The Hall–Kier alpha value is -2.20. The molecule has 0 fully saturated rings. The molecule has 1 N–H and O–H groups in total. The summed E-state index contributed by atoms with van der Waals surface area (Å²) in [6, 6.07) is 9.80. The zero-order valence-electron chi connectivity index (χ0n) is 12.6. The van der Waals surface area contributed by atoms with Crippen molar-refractivity contribution in [3.8, 4) is 11.8 Å². The van der Waals surface area contributed by atoms with Crippen LogP contribution in [0, 0.1) is 17.7 Å². The minimum absolute atomic E-state index is 0.0415. The lowest BCUT2D eigenvalue weighted by atomic mass is 10.1. The van der Waals surface area contributed by atoms with Crippen molar-refractivity contribution in [3.63, 3.8) is 0 Å². The van der Waals surface area contributed by atoms with Crippen LogP contribution in [0.4, 0.5) is 4.39 Å². The average molecular weight is 366 g/mol. The molecule has 0 bridgehead atoms. The first-order valence-corrected chi connectivity index (χ1v) is 8.70. The number of halogens is 2. The van der Waals surface area contributed by atoms with Crippen molar-refractivity contribution in [2.24, 2.45) is 0 Å². The van der Waals surface area contributed by atoms with Crippen LogP contribution < -0.4 is 4.72 Å². The largest absolute Gasteiger partial charge is 0.295 e. The molecule has 0 aliphatic heterocycles. The van der Waals surface area contributed by atoms with Crippen molar-refractivity contribution in [3.05, 3.63) is 64.4 Å². The first kappa shape index (κ1) is 18.1. The molecule has 0 aliphatic rings. The van der Waals surface area contributed by atoms with Crippen LogP contribution in [-0.4, -0.2) is 20.7 Å². The maximum atomic E-state index is 13.1. The van der Waals surface area contributed by atoms with Gasteiger partial charge in [-0.3, -0.25) is 4.79 Å². The molecule has 0 unspecified atom stereocenters. The summed E-state index contributed by atoms with van der Waals surface area (Å²) in [5.41, 5.74) is 1.23. The molecule has 2 rings (SSSR count). The summed E-state index contributed by atoms with van der Waals surface area (Å²) in [7, 11) is -3.82. The van der Waals surface area contributed by atoms with Gasteiger partial charge in [0.2, 0.25) is 10.0 Å². The molecule has 2 aromatic rings. The number of rotatable bonds is 4. The SMILES string of the molecule is CC(=O)c1ccc(C#CCNS(=O)(=O)c2ccc(F)c(Cl)c2)cc1. The van der Waals surface area contributed by atoms with E-state index in [0.29, 0.717) is 11.1 Å². The summed E-state index contributed by atoms with van der Waals surface area (Å²) in [5, 5.41) is -0.269. The molecule has 0 spiro atoms. The van der Waals surface area contributed by atoms with Gasteiger partial charge in [0.05, 0.1) is 16.5 Å². The Kier molecular flexibility index (Phi) is 5.73. The zero-order valence-corrected chi connectivity index (χ0v) is 14.2. The Labute approximate surface area is 144 Å². The minimum atomic E-state index is -3.82. The molecule has 0 aliphatic carbocycles. The Balaban J connectivity index is 2.03. The van der Waals surface area contributed by atoms with Crippen LogP contribution in [0.15, 0.2) is 47.4 Å². The molecule has 0 radical (unpaired) electrons. The number of Topliss-reactive ketones (excluding diaryl/α,β-unsaturated/α-hetero) is 1. The smallest absolute Gasteiger partial charge is 0.241 e. The van der Waals surface area contributed by atoms with Gasteiger partial charge >= 0.3 is 0 Å². The number of ketones is 1. The summed E-state index contributed by atoms with van der Waals surface area (Å²) in [4.78, 5) is 11.0. The second-order valence-corrected chi connectivity index (χ2v) is 7.01. The molecule has 0 amide bonds. The maximum Gasteiger partial charge on any atom is 0.241 e. The van der Waals surface area contributed by atoms with E-state index in [-0.39, 0.29) is 22.2 Å². The number of carbonyl (C=O) groups excluding carboxylic acids is 1. The van der Waals surface area contributed by atoms with Crippen LogP contribution in [0.2, 0.25) is 5.02 Å². The van der Waals surface area contributed by atoms with Crippen molar-refractivity contribution in [1.29, 1.82) is 0 Å².